The summed E-state index contributed by atoms with van der Waals surface area (Å²) in [6, 6.07) is -1.16. The van der Waals surface area contributed by atoms with Gasteiger partial charge < -0.3 is 0 Å². The van der Waals surface area contributed by atoms with Gasteiger partial charge in [0, 0.05) is 11.1 Å². The van der Waals surface area contributed by atoms with E-state index in [2.05, 4.69) is 0 Å². The van der Waals surface area contributed by atoms with Gasteiger partial charge in [-0.15, -0.1) is 0 Å². The molecule has 126 valence electrons. The van der Waals surface area contributed by atoms with Crippen molar-refractivity contribution in [2.75, 3.05) is 7.05 Å². The second-order valence-electron chi connectivity index (χ2n) is 6.88. The standard InChI is InChI=1S/C19H17F4N/c1-6-7(2)9(4)11-10(8(6)3)18-12-13(19(11)24(18)5)15(21)17(23)16(22)14(12)20/h18-19H,1-5H3. The third-order valence-corrected chi connectivity index (χ3v) is 6.04. The van der Waals surface area contributed by atoms with Gasteiger partial charge in [0.25, 0.3) is 0 Å². The highest BCUT2D eigenvalue weighted by Gasteiger charge is 2.52. The molecule has 0 spiro atoms. The Morgan fingerprint density at radius 3 is 1.21 bits per heavy atom. The number of rotatable bonds is 0. The number of halogens is 4. The van der Waals surface area contributed by atoms with E-state index in [1.807, 2.05) is 27.7 Å². The first kappa shape index (κ1) is 15.6. The number of nitrogens with zero attached hydrogens (tertiary/aromatic N) is 1. The summed E-state index contributed by atoms with van der Waals surface area (Å²) in [5, 5.41) is 0. The van der Waals surface area contributed by atoms with Crippen molar-refractivity contribution in [1.82, 2.24) is 4.90 Å². The molecule has 0 aromatic heterocycles. The molecule has 2 aromatic carbocycles. The quantitative estimate of drug-likeness (QED) is 0.375. The second kappa shape index (κ2) is 4.60. The molecule has 0 fully saturated rings. The number of hydrogen-bond donors (Lipinski definition) is 0. The zero-order valence-corrected chi connectivity index (χ0v) is 14.1. The van der Waals surface area contributed by atoms with Gasteiger partial charge in [0.05, 0.1) is 12.1 Å². The summed E-state index contributed by atoms with van der Waals surface area (Å²) in [5.41, 5.74) is 5.88. The van der Waals surface area contributed by atoms with Crippen molar-refractivity contribution in [3.63, 3.8) is 0 Å². The summed E-state index contributed by atoms with van der Waals surface area (Å²) >= 11 is 0. The van der Waals surface area contributed by atoms with E-state index in [1.165, 1.54) is 0 Å². The Morgan fingerprint density at radius 2 is 0.875 bits per heavy atom. The molecule has 0 saturated heterocycles. The highest BCUT2D eigenvalue weighted by molar-refractivity contribution is 5.65. The molecule has 0 N–H and O–H groups in total. The number of fused-ring (bicyclic) bond motifs is 8. The molecular formula is C19H17F4N. The van der Waals surface area contributed by atoms with Crippen molar-refractivity contribution in [1.29, 1.82) is 0 Å². The van der Waals surface area contributed by atoms with Crippen molar-refractivity contribution in [2.45, 2.75) is 39.8 Å². The molecule has 1 nitrogen and oxygen atoms in total. The van der Waals surface area contributed by atoms with Gasteiger partial charge in [0.2, 0.25) is 0 Å². The second-order valence-corrected chi connectivity index (χ2v) is 6.88. The third kappa shape index (κ3) is 1.50. The van der Waals surface area contributed by atoms with Gasteiger partial charge in [0.15, 0.2) is 23.3 Å². The minimum Gasteiger partial charge on any atom is -0.284 e. The predicted molar refractivity (Wildman–Crippen MR) is 83.1 cm³/mol. The number of hydrogen-bond acceptors (Lipinski definition) is 1. The lowest BCUT2D eigenvalue weighted by atomic mass is 9.78. The lowest BCUT2D eigenvalue weighted by Gasteiger charge is -2.25. The van der Waals surface area contributed by atoms with Crippen LogP contribution in [-0.4, -0.2) is 11.9 Å². The molecule has 2 bridgehead atoms. The van der Waals surface area contributed by atoms with Crippen LogP contribution in [0.4, 0.5) is 17.6 Å². The zero-order valence-electron chi connectivity index (χ0n) is 14.1. The van der Waals surface area contributed by atoms with Crippen LogP contribution < -0.4 is 0 Å². The molecular weight excluding hydrogens is 318 g/mol. The smallest absolute Gasteiger partial charge is 0.197 e. The summed E-state index contributed by atoms with van der Waals surface area (Å²) in [7, 11) is 1.74. The van der Waals surface area contributed by atoms with Crippen LogP contribution in [0.2, 0.25) is 0 Å². The van der Waals surface area contributed by atoms with Crippen LogP contribution in [0.3, 0.4) is 0 Å². The lowest BCUT2D eigenvalue weighted by Crippen LogP contribution is -2.15. The van der Waals surface area contributed by atoms with E-state index in [0.29, 0.717) is 0 Å². The van der Waals surface area contributed by atoms with Gasteiger partial charge in [-0.1, -0.05) is 0 Å². The molecule has 5 heteroatoms. The Bertz CT molecular complexity index is 787. The van der Waals surface area contributed by atoms with Crippen LogP contribution in [0.1, 0.15) is 56.6 Å². The molecule has 0 saturated carbocycles. The molecule has 2 unspecified atom stereocenters. The van der Waals surface area contributed by atoms with E-state index in [9.17, 15) is 17.6 Å². The zero-order chi connectivity index (χ0) is 17.7. The van der Waals surface area contributed by atoms with Gasteiger partial charge >= 0.3 is 0 Å². The molecule has 0 aliphatic carbocycles. The highest BCUT2D eigenvalue weighted by atomic mass is 19.2. The predicted octanol–water partition coefficient (Wildman–Crippen LogP) is 4.91. The maximum Gasteiger partial charge on any atom is 0.197 e. The first-order chi connectivity index (χ1) is 11.2. The number of benzene rings is 2. The Labute approximate surface area is 137 Å². The van der Waals surface area contributed by atoms with Crippen molar-refractivity contribution in [3.8, 4) is 0 Å². The molecule has 2 aliphatic rings. The van der Waals surface area contributed by atoms with Crippen LogP contribution in [0.25, 0.3) is 0 Å². The molecule has 2 atom stereocenters. The first-order valence-corrected chi connectivity index (χ1v) is 7.87. The van der Waals surface area contributed by atoms with Crippen LogP contribution in [0.5, 0.6) is 0 Å². The molecule has 0 radical (unpaired) electrons. The fourth-order valence-corrected chi connectivity index (χ4v) is 4.53. The van der Waals surface area contributed by atoms with E-state index in [-0.39, 0.29) is 11.1 Å². The van der Waals surface area contributed by atoms with Crippen molar-refractivity contribution in [3.05, 3.63) is 67.8 Å². The van der Waals surface area contributed by atoms with E-state index < -0.39 is 35.4 Å². The molecule has 2 heterocycles. The average molecular weight is 335 g/mol. The Kier molecular flexibility index (Phi) is 3.00. The summed E-state index contributed by atoms with van der Waals surface area (Å²) in [6.07, 6.45) is 0. The van der Waals surface area contributed by atoms with Gasteiger partial charge in [-0.05, 0) is 68.1 Å². The largest absolute Gasteiger partial charge is 0.284 e. The minimum absolute atomic E-state index is 0.0582. The summed E-state index contributed by atoms with van der Waals surface area (Å²) < 4.78 is 56.5. The fourth-order valence-electron chi connectivity index (χ4n) is 4.53. The highest BCUT2D eigenvalue weighted by Crippen LogP contribution is 2.59. The van der Waals surface area contributed by atoms with Crippen molar-refractivity contribution < 1.29 is 17.6 Å². The summed E-state index contributed by atoms with van der Waals surface area (Å²) in [4.78, 5) is 1.80. The third-order valence-electron chi connectivity index (χ3n) is 6.04. The SMILES string of the molecule is Cc1c(C)c(C)c2c(c1C)C1c3c(F)c(F)c(F)c(F)c3C2N1C. The maximum atomic E-state index is 14.5. The Morgan fingerprint density at radius 1 is 0.542 bits per heavy atom. The van der Waals surface area contributed by atoms with Crippen molar-refractivity contribution in [2.24, 2.45) is 0 Å². The van der Waals surface area contributed by atoms with E-state index in [4.69, 9.17) is 0 Å². The molecule has 2 aromatic rings. The summed E-state index contributed by atoms with van der Waals surface area (Å²) in [6.45, 7) is 7.88. The molecule has 2 aliphatic heterocycles. The normalized spacial score (nSPS) is 21.4. The van der Waals surface area contributed by atoms with Gasteiger partial charge in [-0.3, -0.25) is 4.90 Å². The average Bonchev–Trinajstić information content (AvgIpc) is 3.02. The molecule has 0 amide bonds. The molecule has 4 rings (SSSR count). The lowest BCUT2D eigenvalue weighted by molar-refractivity contribution is 0.290. The monoisotopic (exact) mass is 335 g/mol. The Balaban J connectivity index is 2.15. The summed E-state index contributed by atoms with van der Waals surface area (Å²) in [5.74, 6) is -6.01. The Hall–Kier alpha value is -1.88. The fraction of sp³-hybridized carbons (Fsp3) is 0.368. The maximum absolute atomic E-state index is 14.5. The van der Waals surface area contributed by atoms with Gasteiger partial charge in [-0.2, -0.15) is 0 Å². The van der Waals surface area contributed by atoms with Crippen LogP contribution in [-0.2, 0) is 0 Å². The van der Waals surface area contributed by atoms with Gasteiger partial charge in [0.1, 0.15) is 0 Å². The van der Waals surface area contributed by atoms with Crippen LogP contribution >= 0.6 is 0 Å². The van der Waals surface area contributed by atoms with E-state index in [0.717, 1.165) is 33.4 Å². The topological polar surface area (TPSA) is 3.24 Å². The van der Waals surface area contributed by atoms with Crippen LogP contribution in [0, 0.1) is 51.0 Å². The van der Waals surface area contributed by atoms with E-state index >= 15 is 0 Å². The molecule has 24 heavy (non-hydrogen) atoms. The van der Waals surface area contributed by atoms with Gasteiger partial charge in [-0.25, -0.2) is 17.6 Å². The first-order valence-electron chi connectivity index (χ1n) is 7.87. The minimum atomic E-state index is -1.73. The van der Waals surface area contributed by atoms with Crippen molar-refractivity contribution >= 4 is 0 Å². The van der Waals surface area contributed by atoms with E-state index in [1.54, 1.807) is 11.9 Å². The van der Waals surface area contributed by atoms with Crippen LogP contribution in [0.15, 0.2) is 0 Å².